The minimum absolute atomic E-state index is 0.189. The first-order valence-corrected chi connectivity index (χ1v) is 6.73. The summed E-state index contributed by atoms with van der Waals surface area (Å²) in [5.74, 6) is 0. The van der Waals surface area contributed by atoms with E-state index < -0.39 is 0 Å². The summed E-state index contributed by atoms with van der Waals surface area (Å²) in [5.41, 5.74) is 5.49. The molecule has 0 atom stereocenters. The number of anilines is 1. The van der Waals surface area contributed by atoms with Crippen LogP contribution in [0.25, 0.3) is 0 Å². The highest BCUT2D eigenvalue weighted by atomic mass is 32.1. The summed E-state index contributed by atoms with van der Waals surface area (Å²) in [4.78, 5) is 4.09. The molecule has 0 aliphatic heterocycles. The second-order valence-electron chi connectivity index (χ2n) is 5.08. The van der Waals surface area contributed by atoms with E-state index in [1.165, 1.54) is 16.9 Å². The van der Waals surface area contributed by atoms with E-state index in [1.54, 1.807) is 12.4 Å². The van der Waals surface area contributed by atoms with Crippen LogP contribution in [0.3, 0.4) is 0 Å². The van der Waals surface area contributed by atoms with Crippen LogP contribution in [0.15, 0.2) is 40.9 Å². The molecule has 1 N–H and O–H groups in total. The third kappa shape index (κ3) is 3.40. The van der Waals surface area contributed by atoms with Crippen molar-refractivity contribution in [2.45, 2.75) is 26.2 Å². The molecular formula is C14H17N3S. The largest absolute Gasteiger partial charge is 0.253 e. The molecule has 0 aliphatic rings. The lowest BCUT2D eigenvalue weighted by atomic mass is 9.87. The van der Waals surface area contributed by atoms with Gasteiger partial charge in [0.05, 0.1) is 6.21 Å². The molecule has 2 rings (SSSR count). The molecule has 18 heavy (non-hydrogen) atoms. The van der Waals surface area contributed by atoms with Crippen molar-refractivity contribution in [2.24, 2.45) is 5.10 Å². The predicted octanol–water partition coefficient (Wildman–Crippen LogP) is 3.89. The quantitative estimate of drug-likeness (QED) is 0.670. The van der Waals surface area contributed by atoms with E-state index in [0.29, 0.717) is 0 Å². The molecule has 1 aromatic carbocycles. The zero-order chi connectivity index (χ0) is 13.0. The molecule has 0 saturated heterocycles. The highest BCUT2D eigenvalue weighted by molar-refractivity contribution is 7.13. The first-order valence-electron chi connectivity index (χ1n) is 5.85. The van der Waals surface area contributed by atoms with Crippen molar-refractivity contribution >= 4 is 22.7 Å². The van der Waals surface area contributed by atoms with E-state index in [4.69, 9.17) is 0 Å². The monoisotopic (exact) mass is 259 g/mol. The van der Waals surface area contributed by atoms with Gasteiger partial charge in [-0.25, -0.2) is 4.98 Å². The van der Waals surface area contributed by atoms with Gasteiger partial charge in [-0.05, 0) is 16.5 Å². The van der Waals surface area contributed by atoms with E-state index in [9.17, 15) is 0 Å². The molecule has 4 heteroatoms. The fraction of sp³-hybridized carbons (Fsp3) is 0.286. The number of hydrogen-bond acceptors (Lipinski definition) is 4. The molecular weight excluding hydrogens is 242 g/mol. The minimum atomic E-state index is 0.189. The fourth-order valence-corrected chi connectivity index (χ4v) is 1.99. The van der Waals surface area contributed by atoms with E-state index in [1.807, 2.05) is 5.38 Å². The molecule has 0 bridgehead atoms. The van der Waals surface area contributed by atoms with Crippen LogP contribution >= 0.6 is 11.3 Å². The summed E-state index contributed by atoms with van der Waals surface area (Å²) in [6.45, 7) is 6.63. The van der Waals surface area contributed by atoms with Crippen LogP contribution in [0, 0.1) is 0 Å². The van der Waals surface area contributed by atoms with Crippen molar-refractivity contribution < 1.29 is 0 Å². The average molecular weight is 259 g/mol. The number of thiazole rings is 1. The van der Waals surface area contributed by atoms with Gasteiger partial charge in [0.15, 0.2) is 0 Å². The molecule has 0 aliphatic carbocycles. The van der Waals surface area contributed by atoms with E-state index >= 15 is 0 Å². The molecule has 0 spiro atoms. The highest BCUT2D eigenvalue weighted by Crippen LogP contribution is 2.21. The van der Waals surface area contributed by atoms with Crippen LogP contribution in [0.1, 0.15) is 31.9 Å². The Hall–Kier alpha value is -1.68. The maximum atomic E-state index is 4.15. The van der Waals surface area contributed by atoms with Crippen LogP contribution in [0.4, 0.5) is 5.13 Å². The number of rotatable bonds is 3. The molecule has 0 saturated carbocycles. The standard InChI is InChI=1S/C14H17N3S/c1-14(2,3)12-6-4-11(5-7-12)10-16-17-13-15-8-9-18-13/h4-10H,1-3H3,(H,15,17)/b16-10-. The van der Waals surface area contributed by atoms with Crippen molar-refractivity contribution in [2.75, 3.05) is 5.43 Å². The maximum Gasteiger partial charge on any atom is 0.203 e. The second-order valence-corrected chi connectivity index (χ2v) is 5.97. The topological polar surface area (TPSA) is 37.3 Å². The summed E-state index contributed by atoms with van der Waals surface area (Å²) in [5, 5.41) is 6.86. The van der Waals surface area contributed by atoms with Crippen molar-refractivity contribution in [1.82, 2.24) is 4.98 Å². The van der Waals surface area contributed by atoms with Crippen molar-refractivity contribution in [3.8, 4) is 0 Å². The van der Waals surface area contributed by atoms with E-state index in [2.05, 4.69) is 60.5 Å². The summed E-state index contributed by atoms with van der Waals surface area (Å²) >= 11 is 1.53. The molecule has 2 aromatic rings. The van der Waals surface area contributed by atoms with Gasteiger partial charge in [0.1, 0.15) is 0 Å². The molecule has 1 heterocycles. The molecule has 0 fully saturated rings. The molecule has 94 valence electrons. The minimum Gasteiger partial charge on any atom is -0.253 e. The SMILES string of the molecule is CC(C)(C)c1ccc(/C=N\Nc2nccs2)cc1. The Morgan fingerprint density at radius 3 is 2.50 bits per heavy atom. The van der Waals surface area contributed by atoms with Crippen LogP contribution in [-0.2, 0) is 5.41 Å². The Bertz CT molecular complexity index is 507. The van der Waals surface area contributed by atoms with Crippen LogP contribution in [0.2, 0.25) is 0 Å². The van der Waals surface area contributed by atoms with Crippen LogP contribution in [0.5, 0.6) is 0 Å². The van der Waals surface area contributed by atoms with Crippen molar-refractivity contribution in [1.29, 1.82) is 0 Å². The van der Waals surface area contributed by atoms with Gasteiger partial charge in [0.2, 0.25) is 5.13 Å². The highest BCUT2D eigenvalue weighted by Gasteiger charge is 2.12. The number of hydrogen-bond donors (Lipinski definition) is 1. The van der Waals surface area contributed by atoms with Gasteiger partial charge in [-0.3, -0.25) is 5.43 Å². The average Bonchev–Trinajstić information content (AvgIpc) is 2.82. The summed E-state index contributed by atoms with van der Waals surface area (Å²) in [6, 6.07) is 8.44. The van der Waals surface area contributed by atoms with Gasteiger partial charge in [-0.2, -0.15) is 5.10 Å². The first-order chi connectivity index (χ1) is 8.55. The van der Waals surface area contributed by atoms with Crippen LogP contribution in [-0.4, -0.2) is 11.2 Å². The normalized spacial score (nSPS) is 11.9. The second kappa shape index (κ2) is 5.31. The Balaban J connectivity index is 2.00. The number of nitrogens with one attached hydrogen (secondary N) is 1. The van der Waals surface area contributed by atoms with Crippen LogP contribution < -0.4 is 5.43 Å². The number of aromatic nitrogens is 1. The molecule has 0 amide bonds. The lowest BCUT2D eigenvalue weighted by molar-refractivity contribution is 0.590. The van der Waals surface area contributed by atoms with E-state index in [0.717, 1.165) is 10.7 Å². The summed E-state index contributed by atoms with van der Waals surface area (Å²) < 4.78 is 0. The zero-order valence-electron chi connectivity index (χ0n) is 10.8. The van der Waals surface area contributed by atoms with Gasteiger partial charge in [0.25, 0.3) is 0 Å². The predicted molar refractivity (Wildman–Crippen MR) is 78.5 cm³/mol. The lowest BCUT2D eigenvalue weighted by Gasteiger charge is -2.18. The lowest BCUT2D eigenvalue weighted by Crippen LogP contribution is -2.10. The van der Waals surface area contributed by atoms with Gasteiger partial charge in [-0.1, -0.05) is 45.0 Å². The van der Waals surface area contributed by atoms with E-state index in [-0.39, 0.29) is 5.41 Å². The van der Waals surface area contributed by atoms with Gasteiger partial charge < -0.3 is 0 Å². The Kier molecular flexibility index (Phi) is 3.77. The molecule has 3 nitrogen and oxygen atoms in total. The smallest absolute Gasteiger partial charge is 0.203 e. The Labute approximate surface area is 112 Å². The van der Waals surface area contributed by atoms with Gasteiger partial charge >= 0.3 is 0 Å². The summed E-state index contributed by atoms with van der Waals surface area (Å²) in [6.07, 6.45) is 3.55. The van der Waals surface area contributed by atoms with Crippen molar-refractivity contribution in [3.63, 3.8) is 0 Å². The fourth-order valence-electron chi connectivity index (χ4n) is 1.51. The maximum absolute atomic E-state index is 4.15. The third-order valence-corrected chi connectivity index (χ3v) is 3.26. The number of nitrogens with zero attached hydrogens (tertiary/aromatic N) is 2. The molecule has 0 unspecified atom stereocenters. The third-order valence-electron chi connectivity index (χ3n) is 2.58. The Morgan fingerprint density at radius 1 is 1.22 bits per heavy atom. The molecule has 0 radical (unpaired) electrons. The Morgan fingerprint density at radius 2 is 1.94 bits per heavy atom. The van der Waals surface area contributed by atoms with Gasteiger partial charge in [-0.15, -0.1) is 11.3 Å². The number of benzene rings is 1. The summed E-state index contributed by atoms with van der Waals surface area (Å²) in [7, 11) is 0. The van der Waals surface area contributed by atoms with Gasteiger partial charge in [0, 0.05) is 11.6 Å². The number of hydrazone groups is 1. The zero-order valence-corrected chi connectivity index (χ0v) is 11.7. The molecule has 1 aromatic heterocycles. The first kappa shape index (κ1) is 12.8. The van der Waals surface area contributed by atoms with Crippen molar-refractivity contribution in [3.05, 3.63) is 47.0 Å².